The lowest BCUT2D eigenvalue weighted by atomic mass is 9.80. The normalized spacial score (nSPS) is 32.9. The molecule has 0 aromatic heterocycles. The van der Waals surface area contributed by atoms with E-state index in [0.717, 1.165) is 12.6 Å². The number of carbonyl (C=O) groups is 3. The van der Waals surface area contributed by atoms with Crippen LogP contribution in [0.15, 0.2) is 11.6 Å². The molecule has 2 rings (SSSR count). The van der Waals surface area contributed by atoms with E-state index in [0.29, 0.717) is 0 Å². The minimum atomic E-state index is -1.07. The van der Waals surface area contributed by atoms with Gasteiger partial charge in [0.15, 0.2) is 12.6 Å². The van der Waals surface area contributed by atoms with E-state index in [1.165, 1.54) is 13.0 Å². The molecule has 8 heteroatoms. The van der Waals surface area contributed by atoms with Gasteiger partial charge in [0.2, 0.25) is 0 Å². The maximum Gasteiger partial charge on any atom is 0.331 e. The van der Waals surface area contributed by atoms with E-state index in [-0.39, 0.29) is 25.4 Å². The van der Waals surface area contributed by atoms with E-state index in [1.807, 2.05) is 0 Å². The fourth-order valence-electron chi connectivity index (χ4n) is 2.91. The molecule has 0 amide bonds. The topological polar surface area (TPSA) is 108 Å². The van der Waals surface area contributed by atoms with E-state index >= 15 is 0 Å². The van der Waals surface area contributed by atoms with Gasteiger partial charge in [-0.3, -0.25) is 0 Å². The zero-order valence-electron chi connectivity index (χ0n) is 16.4. The molecule has 2 saturated heterocycles. The summed E-state index contributed by atoms with van der Waals surface area (Å²) in [6.45, 7) is 8.76. The molecule has 0 aromatic carbocycles. The highest BCUT2D eigenvalue weighted by molar-refractivity contribution is 5.85. The van der Waals surface area contributed by atoms with Gasteiger partial charge in [-0.1, -0.05) is 0 Å². The van der Waals surface area contributed by atoms with Gasteiger partial charge in [0.1, 0.15) is 12.6 Å². The van der Waals surface area contributed by atoms with Crippen molar-refractivity contribution in [2.24, 2.45) is 16.2 Å². The Morgan fingerprint density at radius 3 is 1.85 bits per heavy atom. The van der Waals surface area contributed by atoms with Crippen LogP contribution >= 0.6 is 0 Å². The number of carboxylic acids is 1. The number of carbonyl (C=O) groups excluding carboxylic acids is 2. The van der Waals surface area contributed by atoms with Crippen LogP contribution < -0.4 is 0 Å². The SMILES string of the molecule is CC(=CC1OC(C(C)(C)C=O)OCC12COC(C(C)(C)C=O)OC2)C(=O)O. The Kier molecular flexibility index (Phi) is 6.26. The minimum absolute atomic E-state index is 0.110. The molecule has 2 heterocycles. The molecular weight excluding hydrogens is 356 g/mol. The van der Waals surface area contributed by atoms with Crippen LogP contribution in [-0.4, -0.2) is 62.2 Å². The third-order valence-corrected chi connectivity index (χ3v) is 5.00. The van der Waals surface area contributed by atoms with Crippen molar-refractivity contribution < 1.29 is 38.4 Å². The molecule has 1 N–H and O–H groups in total. The van der Waals surface area contributed by atoms with E-state index in [9.17, 15) is 19.5 Å². The summed E-state index contributed by atoms with van der Waals surface area (Å²) >= 11 is 0. The Hall–Kier alpha value is -1.61. The van der Waals surface area contributed by atoms with E-state index in [2.05, 4.69) is 0 Å². The van der Waals surface area contributed by atoms with E-state index in [4.69, 9.17) is 18.9 Å². The quantitative estimate of drug-likeness (QED) is 0.543. The van der Waals surface area contributed by atoms with E-state index in [1.54, 1.807) is 27.7 Å². The Labute approximate surface area is 158 Å². The Morgan fingerprint density at radius 2 is 1.41 bits per heavy atom. The number of aliphatic carboxylic acids is 1. The monoisotopic (exact) mass is 384 g/mol. The van der Waals surface area contributed by atoms with Crippen LogP contribution in [-0.2, 0) is 33.3 Å². The third kappa shape index (κ3) is 4.45. The van der Waals surface area contributed by atoms with Gasteiger partial charge in [0.05, 0.1) is 42.2 Å². The molecule has 2 aliphatic rings. The minimum Gasteiger partial charge on any atom is -0.478 e. The largest absolute Gasteiger partial charge is 0.478 e. The van der Waals surface area contributed by atoms with Crippen molar-refractivity contribution >= 4 is 18.5 Å². The predicted octanol–water partition coefficient (Wildman–Crippen LogP) is 1.57. The van der Waals surface area contributed by atoms with Crippen LogP contribution in [0, 0.1) is 16.2 Å². The maximum absolute atomic E-state index is 11.4. The first-order valence-corrected chi connectivity index (χ1v) is 8.82. The zero-order valence-corrected chi connectivity index (χ0v) is 16.4. The van der Waals surface area contributed by atoms with Crippen LogP contribution in [0.3, 0.4) is 0 Å². The molecule has 0 aromatic rings. The lowest BCUT2D eigenvalue weighted by molar-refractivity contribution is -0.342. The molecule has 0 saturated carbocycles. The highest BCUT2D eigenvalue weighted by atomic mass is 16.7. The van der Waals surface area contributed by atoms with Crippen LogP contribution in [0.1, 0.15) is 34.6 Å². The average Bonchev–Trinajstić information content (AvgIpc) is 2.63. The molecule has 2 aliphatic heterocycles. The van der Waals surface area contributed by atoms with Gasteiger partial charge in [0, 0.05) is 5.57 Å². The summed E-state index contributed by atoms with van der Waals surface area (Å²) in [6, 6.07) is 0. The first-order valence-electron chi connectivity index (χ1n) is 8.82. The number of carboxylic acid groups (broad SMARTS) is 1. The van der Waals surface area contributed by atoms with Crippen molar-refractivity contribution in [3.63, 3.8) is 0 Å². The fourth-order valence-corrected chi connectivity index (χ4v) is 2.91. The summed E-state index contributed by atoms with van der Waals surface area (Å²) in [7, 11) is 0. The standard InChI is InChI=1S/C19H28O8/c1-12(14(22)23)6-13-19(11-26-16(27-13)18(4,5)8-21)9-24-15(25-10-19)17(2,3)7-20/h6-8,13,15-16H,9-11H2,1-5H3,(H,22,23). The summed E-state index contributed by atoms with van der Waals surface area (Å²) in [5.74, 6) is -1.07. The van der Waals surface area contributed by atoms with Gasteiger partial charge in [0.25, 0.3) is 0 Å². The molecule has 2 fully saturated rings. The molecule has 152 valence electrons. The van der Waals surface area contributed by atoms with Crippen LogP contribution in [0.4, 0.5) is 0 Å². The number of ether oxygens (including phenoxy) is 4. The fraction of sp³-hybridized carbons (Fsp3) is 0.737. The second-order valence-electron chi connectivity index (χ2n) is 8.55. The highest BCUT2D eigenvalue weighted by Crippen LogP contribution is 2.42. The van der Waals surface area contributed by atoms with Crippen LogP contribution in [0.2, 0.25) is 0 Å². The van der Waals surface area contributed by atoms with Crippen molar-refractivity contribution in [3.8, 4) is 0 Å². The summed E-state index contributed by atoms with van der Waals surface area (Å²) in [5, 5.41) is 9.24. The van der Waals surface area contributed by atoms with E-state index < -0.39 is 40.9 Å². The molecule has 0 aliphatic carbocycles. The van der Waals surface area contributed by atoms with Crippen molar-refractivity contribution in [3.05, 3.63) is 11.6 Å². The van der Waals surface area contributed by atoms with Gasteiger partial charge in [-0.05, 0) is 40.7 Å². The number of rotatable bonds is 6. The van der Waals surface area contributed by atoms with Crippen molar-refractivity contribution in [2.75, 3.05) is 19.8 Å². The van der Waals surface area contributed by atoms with Crippen molar-refractivity contribution in [1.29, 1.82) is 0 Å². The molecule has 27 heavy (non-hydrogen) atoms. The average molecular weight is 384 g/mol. The lowest BCUT2D eigenvalue weighted by Gasteiger charge is -2.51. The van der Waals surface area contributed by atoms with Gasteiger partial charge in [-0.15, -0.1) is 0 Å². The summed E-state index contributed by atoms with van der Waals surface area (Å²) < 4.78 is 23.3. The molecular formula is C19H28O8. The first-order chi connectivity index (χ1) is 12.5. The van der Waals surface area contributed by atoms with Crippen LogP contribution in [0.5, 0.6) is 0 Å². The van der Waals surface area contributed by atoms with Crippen molar-refractivity contribution in [1.82, 2.24) is 0 Å². The molecule has 2 atom stereocenters. The van der Waals surface area contributed by atoms with Gasteiger partial charge >= 0.3 is 5.97 Å². The molecule has 2 unspecified atom stereocenters. The van der Waals surface area contributed by atoms with Gasteiger partial charge < -0.3 is 33.6 Å². The van der Waals surface area contributed by atoms with Crippen LogP contribution in [0.25, 0.3) is 0 Å². The first kappa shape index (κ1) is 21.7. The molecule has 0 bridgehead atoms. The maximum atomic E-state index is 11.4. The zero-order chi connectivity index (χ0) is 20.5. The Morgan fingerprint density at radius 1 is 0.963 bits per heavy atom. The Balaban J connectivity index is 2.27. The number of aldehydes is 2. The number of hydrogen-bond donors (Lipinski definition) is 1. The molecule has 0 radical (unpaired) electrons. The number of hydrogen-bond acceptors (Lipinski definition) is 7. The van der Waals surface area contributed by atoms with Gasteiger partial charge in [-0.2, -0.15) is 0 Å². The Bertz CT molecular complexity index is 605. The second-order valence-corrected chi connectivity index (χ2v) is 8.55. The highest BCUT2D eigenvalue weighted by Gasteiger charge is 2.52. The van der Waals surface area contributed by atoms with Gasteiger partial charge in [-0.25, -0.2) is 4.79 Å². The van der Waals surface area contributed by atoms with Crippen molar-refractivity contribution in [2.45, 2.75) is 53.3 Å². The predicted molar refractivity (Wildman–Crippen MR) is 93.8 cm³/mol. The second kappa shape index (κ2) is 7.79. The summed E-state index contributed by atoms with van der Waals surface area (Å²) in [5.41, 5.74) is -2.38. The third-order valence-electron chi connectivity index (χ3n) is 5.00. The smallest absolute Gasteiger partial charge is 0.331 e. The summed E-state index contributed by atoms with van der Waals surface area (Å²) in [4.78, 5) is 33.9. The molecule has 8 nitrogen and oxygen atoms in total. The summed E-state index contributed by atoms with van der Waals surface area (Å²) in [6.07, 6.45) is 0.792. The molecule has 1 spiro atoms. The lowest BCUT2D eigenvalue weighted by Crippen LogP contribution is -2.60.